The summed E-state index contributed by atoms with van der Waals surface area (Å²) >= 11 is 7.65. The van der Waals surface area contributed by atoms with Gasteiger partial charge in [-0.25, -0.2) is 14.2 Å². The summed E-state index contributed by atoms with van der Waals surface area (Å²) in [5.41, 5.74) is 3.65. The molecule has 6 aromatic rings. The summed E-state index contributed by atoms with van der Waals surface area (Å²) in [4.78, 5) is 39.0. The molecule has 0 unspecified atom stereocenters. The van der Waals surface area contributed by atoms with Crippen molar-refractivity contribution in [3.8, 4) is 34.2 Å². The lowest BCUT2D eigenvalue weighted by Gasteiger charge is -2.16. The fraction of sp³-hybridized carbons (Fsp3) is 0.152. The number of fused-ring (bicyclic) bond motifs is 2. The minimum Gasteiger partial charge on any atom is -0.491 e. The molecule has 12 heteroatoms. The lowest BCUT2D eigenvalue weighted by atomic mass is 9.99. The molecule has 0 aliphatic carbocycles. The Kier molecular flexibility index (Phi) is 7.78. The minimum absolute atomic E-state index is 0.0158. The first kappa shape index (κ1) is 29.9. The average molecular weight is 640 g/mol. The number of thiophene rings is 1. The van der Waals surface area contributed by atoms with Crippen molar-refractivity contribution >= 4 is 50.0 Å². The number of rotatable bonds is 7. The largest absolute Gasteiger partial charge is 0.491 e. The number of nitrogens with zero attached hydrogens (tertiary/aromatic N) is 5. The molecule has 0 saturated heterocycles. The van der Waals surface area contributed by atoms with Gasteiger partial charge in [0.15, 0.2) is 0 Å². The van der Waals surface area contributed by atoms with Gasteiger partial charge in [0.2, 0.25) is 0 Å². The first-order valence-corrected chi connectivity index (χ1v) is 14.9. The molecule has 0 fully saturated rings. The smallest absolute Gasteiger partial charge is 0.338 e. The molecule has 9 nitrogen and oxygen atoms in total. The van der Waals surface area contributed by atoms with Crippen LogP contribution in [0.2, 0.25) is 5.02 Å². The zero-order valence-electron chi connectivity index (χ0n) is 24.2. The Labute approximate surface area is 264 Å². The van der Waals surface area contributed by atoms with Gasteiger partial charge in [0, 0.05) is 32.8 Å². The van der Waals surface area contributed by atoms with Crippen molar-refractivity contribution in [1.29, 1.82) is 5.26 Å². The molecular formula is C33H23ClFN5O4S. The number of ether oxygens (including phenoxy) is 1. The van der Waals surface area contributed by atoms with Crippen LogP contribution in [0.25, 0.3) is 43.5 Å². The fourth-order valence-corrected chi connectivity index (χ4v) is 6.50. The van der Waals surface area contributed by atoms with Crippen molar-refractivity contribution in [2.45, 2.75) is 27.3 Å². The van der Waals surface area contributed by atoms with E-state index in [4.69, 9.17) is 16.3 Å². The summed E-state index contributed by atoms with van der Waals surface area (Å²) in [6.45, 7) is 5.40. The van der Waals surface area contributed by atoms with Crippen LogP contribution >= 0.6 is 22.9 Å². The standard InChI is InChI=1S/C33H23ClFN5O4S/c1-16-4-6-20(35)12-21(16)29-24(13-36)28-26(14-37-29)39-18(3)40(32(28)41)8-9-44-27-7-5-19(34)11-22(27)23-10-17(2)38-30-25(33(42)43)15-45-31(23)30/h4-7,10-12,14-15H,8-9H2,1-3H3,(H,42,43). The molecule has 0 atom stereocenters. The second-order valence-corrected chi connectivity index (χ2v) is 11.7. The maximum absolute atomic E-state index is 14.1. The van der Waals surface area contributed by atoms with Crippen LogP contribution in [-0.4, -0.2) is 37.2 Å². The van der Waals surface area contributed by atoms with Gasteiger partial charge >= 0.3 is 5.97 Å². The van der Waals surface area contributed by atoms with Crippen molar-refractivity contribution in [3.05, 3.63) is 103 Å². The highest BCUT2D eigenvalue weighted by atomic mass is 35.5. The van der Waals surface area contributed by atoms with Crippen LogP contribution < -0.4 is 10.3 Å². The number of aromatic carboxylic acids is 1. The van der Waals surface area contributed by atoms with Crippen molar-refractivity contribution in [3.63, 3.8) is 0 Å². The summed E-state index contributed by atoms with van der Waals surface area (Å²) in [5.74, 6) is -0.671. The molecule has 45 heavy (non-hydrogen) atoms. The summed E-state index contributed by atoms with van der Waals surface area (Å²) in [6.07, 6.45) is 1.42. The number of hydrogen-bond acceptors (Lipinski definition) is 8. The molecule has 224 valence electrons. The highest BCUT2D eigenvalue weighted by Crippen LogP contribution is 2.40. The Morgan fingerprint density at radius 3 is 2.67 bits per heavy atom. The monoisotopic (exact) mass is 639 g/mol. The quantitative estimate of drug-likeness (QED) is 0.196. The minimum atomic E-state index is -1.06. The van der Waals surface area contributed by atoms with Crippen molar-refractivity contribution in [2.24, 2.45) is 0 Å². The van der Waals surface area contributed by atoms with Gasteiger partial charge in [-0.15, -0.1) is 11.3 Å². The molecule has 1 N–H and O–H groups in total. The van der Waals surface area contributed by atoms with E-state index >= 15 is 0 Å². The van der Waals surface area contributed by atoms with Crippen LogP contribution in [0.4, 0.5) is 4.39 Å². The van der Waals surface area contributed by atoms with Gasteiger partial charge < -0.3 is 9.84 Å². The van der Waals surface area contributed by atoms with Gasteiger partial charge in [-0.2, -0.15) is 5.26 Å². The molecule has 4 aromatic heterocycles. The number of carboxylic acid groups (broad SMARTS) is 1. The maximum Gasteiger partial charge on any atom is 0.338 e. The molecular weight excluding hydrogens is 617 g/mol. The predicted molar refractivity (Wildman–Crippen MR) is 171 cm³/mol. The zero-order chi connectivity index (χ0) is 32.0. The average Bonchev–Trinajstić information content (AvgIpc) is 3.44. The number of carbonyl (C=O) groups is 1. The molecule has 2 aromatic carbocycles. The van der Waals surface area contributed by atoms with Crippen molar-refractivity contribution in [1.82, 2.24) is 19.5 Å². The predicted octanol–water partition coefficient (Wildman–Crippen LogP) is 7.10. The van der Waals surface area contributed by atoms with Gasteiger partial charge in [0.05, 0.1) is 50.7 Å². The van der Waals surface area contributed by atoms with Crippen LogP contribution in [-0.2, 0) is 6.54 Å². The Morgan fingerprint density at radius 1 is 1.11 bits per heavy atom. The van der Waals surface area contributed by atoms with Crippen LogP contribution in [0, 0.1) is 37.9 Å². The number of nitriles is 1. The Balaban J connectivity index is 1.37. The van der Waals surface area contributed by atoms with E-state index in [0.717, 1.165) is 5.56 Å². The number of hydrogen-bond donors (Lipinski definition) is 1. The van der Waals surface area contributed by atoms with E-state index in [0.29, 0.717) is 49.2 Å². The van der Waals surface area contributed by atoms with E-state index in [-0.39, 0.29) is 40.9 Å². The lowest BCUT2D eigenvalue weighted by Crippen LogP contribution is -2.27. The van der Waals surface area contributed by atoms with Crippen LogP contribution in [0.5, 0.6) is 5.75 Å². The van der Waals surface area contributed by atoms with Crippen LogP contribution in [0.1, 0.15) is 33.0 Å². The van der Waals surface area contributed by atoms with E-state index < -0.39 is 17.3 Å². The number of benzene rings is 2. The zero-order valence-corrected chi connectivity index (χ0v) is 25.8. The van der Waals surface area contributed by atoms with E-state index in [9.17, 15) is 24.3 Å². The second kappa shape index (κ2) is 11.7. The first-order valence-electron chi connectivity index (χ1n) is 13.7. The first-order chi connectivity index (χ1) is 21.6. The highest BCUT2D eigenvalue weighted by Gasteiger charge is 2.21. The molecule has 0 bridgehead atoms. The Morgan fingerprint density at radius 2 is 1.91 bits per heavy atom. The molecule has 0 amide bonds. The highest BCUT2D eigenvalue weighted by molar-refractivity contribution is 7.18. The van der Waals surface area contributed by atoms with Crippen molar-refractivity contribution < 1.29 is 19.0 Å². The summed E-state index contributed by atoms with van der Waals surface area (Å²) in [6, 6.07) is 13.3. The summed E-state index contributed by atoms with van der Waals surface area (Å²) in [5, 5.41) is 21.8. The number of pyridine rings is 2. The van der Waals surface area contributed by atoms with Gasteiger partial charge in [-0.05, 0) is 62.7 Å². The SMILES string of the molecule is Cc1cc(-c2cc(Cl)ccc2OCCn2c(C)nc3cnc(-c4cc(F)ccc4C)c(C#N)c3c2=O)c2scc(C(=O)O)c2n1. The second-order valence-electron chi connectivity index (χ2n) is 10.4. The molecule has 4 heterocycles. The molecule has 0 aliphatic rings. The van der Waals surface area contributed by atoms with E-state index in [2.05, 4.69) is 21.0 Å². The fourth-order valence-electron chi connectivity index (χ4n) is 5.32. The van der Waals surface area contributed by atoms with Crippen molar-refractivity contribution in [2.75, 3.05) is 6.61 Å². The summed E-state index contributed by atoms with van der Waals surface area (Å²) < 4.78 is 22.4. The lowest BCUT2D eigenvalue weighted by molar-refractivity contribution is 0.0699. The number of aromatic nitrogens is 4. The molecule has 6 rings (SSSR count). The van der Waals surface area contributed by atoms with Crippen LogP contribution in [0.3, 0.4) is 0 Å². The Bertz CT molecular complexity index is 2290. The molecule has 0 spiro atoms. The van der Waals surface area contributed by atoms with E-state index in [1.54, 1.807) is 50.4 Å². The molecule has 0 aliphatic heterocycles. The molecule has 0 radical (unpaired) electrons. The third-order valence-corrected chi connectivity index (χ3v) is 8.68. The number of halogens is 2. The molecule has 0 saturated carbocycles. The normalized spacial score (nSPS) is 11.2. The third kappa shape index (κ3) is 5.39. The summed E-state index contributed by atoms with van der Waals surface area (Å²) in [7, 11) is 0. The topological polar surface area (TPSA) is 131 Å². The van der Waals surface area contributed by atoms with Gasteiger partial charge in [0.1, 0.15) is 30.1 Å². The number of aryl methyl sites for hydroxylation is 3. The van der Waals surface area contributed by atoms with Crippen LogP contribution in [0.15, 0.2) is 58.8 Å². The van der Waals surface area contributed by atoms with Gasteiger partial charge in [-0.1, -0.05) is 17.7 Å². The van der Waals surface area contributed by atoms with E-state index in [1.807, 2.05) is 6.07 Å². The van der Waals surface area contributed by atoms with Gasteiger partial charge in [-0.3, -0.25) is 19.3 Å². The third-order valence-electron chi connectivity index (χ3n) is 7.44. The number of carboxylic acids is 1. The Hall–Kier alpha value is -5.18. The van der Waals surface area contributed by atoms with Gasteiger partial charge in [0.25, 0.3) is 5.56 Å². The van der Waals surface area contributed by atoms with E-state index in [1.165, 1.54) is 34.2 Å². The maximum atomic E-state index is 14.1.